The van der Waals surface area contributed by atoms with E-state index in [1.54, 1.807) is 25.2 Å². The molecule has 0 bridgehead atoms. The van der Waals surface area contributed by atoms with E-state index in [2.05, 4.69) is 5.32 Å². The molecule has 0 unspecified atom stereocenters. The van der Waals surface area contributed by atoms with Crippen LogP contribution in [0.4, 0.5) is 11.4 Å². The van der Waals surface area contributed by atoms with Gasteiger partial charge in [0.25, 0.3) is 11.8 Å². The fourth-order valence-electron chi connectivity index (χ4n) is 1.60. The van der Waals surface area contributed by atoms with Gasteiger partial charge in [0, 0.05) is 12.7 Å². The smallest absolute Gasteiger partial charge is 0.298 e. The van der Waals surface area contributed by atoms with Crippen molar-refractivity contribution in [1.82, 2.24) is 0 Å². The second-order valence-electron chi connectivity index (χ2n) is 3.41. The van der Waals surface area contributed by atoms with E-state index in [-0.39, 0.29) is 18.6 Å². The Bertz CT molecular complexity index is 498. The molecule has 0 saturated heterocycles. The van der Waals surface area contributed by atoms with E-state index in [0.29, 0.717) is 11.4 Å². The number of benzene rings is 1. The van der Waals surface area contributed by atoms with Crippen LogP contribution in [0.15, 0.2) is 18.2 Å². The van der Waals surface area contributed by atoms with Gasteiger partial charge in [-0.2, -0.15) is 0 Å². The summed E-state index contributed by atoms with van der Waals surface area (Å²) in [4.78, 5) is 34.3. The van der Waals surface area contributed by atoms with Crippen LogP contribution in [0.25, 0.3) is 0 Å². The van der Waals surface area contributed by atoms with Crippen LogP contribution in [0.3, 0.4) is 0 Å². The quantitative estimate of drug-likeness (QED) is 0.583. The molecule has 2 rings (SSSR count). The van der Waals surface area contributed by atoms with Crippen molar-refractivity contribution < 1.29 is 19.1 Å². The minimum Gasteiger partial charge on any atom is -0.482 e. The number of fused-ring (bicyclic) bond motifs is 1. The summed E-state index contributed by atoms with van der Waals surface area (Å²) in [6.45, 7) is -0.245. The van der Waals surface area contributed by atoms with E-state index < -0.39 is 11.8 Å². The van der Waals surface area contributed by atoms with Gasteiger partial charge in [-0.15, -0.1) is 0 Å². The zero-order valence-corrected chi connectivity index (χ0v) is 9.10. The molecule has 1 N–H and O–H groups in total. The molecule has 0 atom stereocenters. The van der Waals surface area contributed by atoms with Gasteiger partial charge in [-0.25, -0.2) is 4.90 Å². The van der Waals surface area contributed by atoms with Crippen molar-refractivity contribution in [3.63, 3.8) is 0 Å². The van der Waals surface area contributed by atoms with Gasteiger partial charge in [-0.1, -0.05) is 0 Å². The average Bonchev–Trinajstić information content (AvgIpc) is 2.37. The lowest BCUT2D eigenvalue weighted by molar-refractivity contribution is -0.134. The monoisotopic (exact) mass is 234 g/mol. The molecule has 1 aliphatic rings. The fourth-order valence-corrected chi connectivity index (χ4v) is 1.60. The first-order valence-electron chi connectivity index (χ1n) is 4.94. The van der Waals surface area contributed by atoms with Gasteiger partial charge in [0.1, 0.15) is 5.75 Å². The first kappa shape index (κ1) is 11.1. The summed E-state index contributed by atoms with van der Waals surface area (Å²) < 4.78 is 5.17. The first-order valence-corrected chi connectivity index (χ1v) is 4.94. The summed E-state index contributed by atoms with van der Waals surface area (Å²) in [6, 6.07) is 4.96. The summed E-state index contributed by atoms with van der Waals surface area (Å²) in [5.74, 6) is -1.05. The molecule has 0 aromatic heterocycles. The number of hydrogen-bond acceptors (Lipinski definition) is 5. The van der Waals surface area contributed by atoms with Gasteiger partial charge in [0.15, 0.2) is 6.61 Å². The summed E-state index contributed by atoms with van der Waals surface area (Å²) in [5, 5.41) is 2.88. The van der Waals surface area contributed by atoms with Gasteiger partial charge < -0.3 is 10.1 Å². The summed E-state index contributed by atoms with van der Waals surface area (Å²) >= 11 is 0. The molecule has 0 aliphatic carbocycles. The van der Waals surface area contributed by atoms with E-state index >= 15 is 0 Å². The van der Waals surface area contributed by atoms with Crippen molar-refractivity contribution >= 4 is 29.5 Å². The van der Waals surface area contributed by atoms with Gasteiger partial charge >= 0.3 is 0 Å². The molecule has 88 valence electrons. The van der Waals surface area contributed by atoms with Crippen LogP contribution in [0, 0.1) is 0 Å². The number of ether oxygens (including phenoxy) is 1. The highest BCUT2D eigenvalue weighted by Crippen LogP contribution is 2.34. The molecule has 0 fully saturated rings. The highest BCUT2D eigenvalue weighted by molar-refractivity contribution is 6.38. The van der Waals surface area contributed by atoms with Crippen molar-refractivity contribution in [1.29, 1.82) is 0 Å². The predicted octanol–water partition coefficient (Wildman–Crippen LogP) is 0.179. The zero-order chi connectivity index (χ0) is 12.4. The van der Waals surface area contributed by atoms with Crippen LogP contribution in [-0.2, 0) is 14.4 Å². The van der Waals surface area contributed by atoms with E-state index in [0.717, 1.165) is 4.90 Å². The molecule has 0 saturated carbocycles. The van der Waals surface area contributed by atoms with Crippen molar-refractivity contribution in [3.05, 3.63) is 18.2 Å². The van der Waals surface area contributed by atoms with E-state index in [1.165, 1.54) is 0 Å². The number of carbonyl (C=O) groups excluding carboxylic acids is 3. The second kappa shape index (κ2) is 4.25. The van der Waals surface area contributed by atoms with Crippen molar-refractivity contribution in [2.24, 2.45) is 0 Å². The number of imide groups is 1. The SMILES string of the molecule is CNc1ccc2c(c1)N(C(=O)C=O)C(=O)CO2. The van der Waals surface area contributed by atoms with Gasteiger partial charge in [0.2, 0.25) is 6.29 Å². The minimum atomic E-state index is -0.896. The van der Waals surface area contributed by atoms with Gasteiger partial charge in [-0.3, -0.25) is 14.4 Å². The normalized spacial score (nSPS) is 13.7. The van der Waals surface area contributed by atoms with E-state index in [1.807, 2.05) is 0 Å². The maximum atomic E-state index is 11.6. The number of hydrogen-bond donors (Lipinski definition) is 1. The minimum absolute atomic E-state index is 0.110. The Morgan fingerprint density at radius 2 is 2.29 bits per heavy atom. The molecule has 2 amide bonds. The predicted molar refractivity (Wildman–Crippen MR) is 60.0 cm³/mol. The maximum Gasteiger partial charge on any atom is 0.298 e. The average molecular weight is 234 g/mol. The lowest BCUT2D eigenvalue weighted by Crippen LogP contribution is -2.43. The summed E-state index contributed by atoms with van der Waals surface area (Å²) in [7, 11) is 1.71. The number of anilines is 2. The lowest BCUT2D eigenvalue weighted by Gasteiger charge is -2.26. The number of nitrogens with zero attached hydrogens (tertiary/aromatic N) is 1. The fraction of sp³-hybridized carbons (Fsp3) is 0.182. The summed E-state index contributed by atoms with van der Waals surface area (Å²) in [6.07, 6.45) is 0.110. The third-order valence-corrected chi connectivity index (χ3v) is 2.41. The highest BCUT2D eigenvalue weighted by Gasteiger charge is 2.30. The topological polar surface area (TPSA) is 75.7 Å². The largest absolute Gasteiger partial charge is 0.482 e. The van der Waals surface area contributed by atoms with Crippen molar-refractivity contribution in [2.75, 3.05) is 23.9 Å². The molecular formula is C11H10N2O4. The molecule has 1 aromatic carbocycles. The van der Waals surface area contributed by atoms with Crippen molar-refractivity contribution in [3.8, 4) is 5.75 Å². The standard InChI is InChI=1S/C11H10N2O4/c1-12-7-2-3-9-8(4-7)13(10(15)5-14)11(16)6-17-9/h2-5,12H,6H2,1H3. The number of rotatable bonds is 2. The first-order chi connectivity index (χ1) is 8.17. The van der Waals surface area contributed by atoms with Gasteiger partial charge in [-0.05, 0) is 18.2 Å². The van der Waals surface area contributed by atoms with Crippen LogP contribution >= 0.6 is 0 Å². The maximum absolute atomic E-state index is 11.6. The molecule has 0 spiro atoms. The van der Waals surface area contributed by atoms with Crippen LogP contribution in [0.2, 0.25) is 0 Å². The van der Waals surface area contributed by atoms with Crippen molar-refractivity contribution in [2.45, 2.75) is 0 Å². The Morgan fingerprint density at radius 1 is 1.53 bits per heavy atom. The highest BCUT2D eigenvalue weighted by atomic mass is 16.5. The second-order valence-corrected chi connectivity index (χ2v) is 3.41. The Hall–Kier alpha value is -2.37. The third-order valence-electron chi connectivity index (χ3n) is 2.41. The van der Waals surface area contributed by atoms with Crippen LogP contribution in [-0.4, -0.2) is 31.8 Å². The Balaban J connectivity index is 2.52. The molecule has 1 aliphatic heterocycles. The van der Waals surface area contributed by atoms with Crippen LogP contribution < -0.4 is 15.0 Å². The molecule has 17 heavy (non-hydrogen) atoms. The zero-order valence-electron chi connectivity index (χ0n) is 9.10. The molecule has 1 heterocycles. The van der Waals surface area contributed by atoms with Gasteiger partial charge in [0.05, 0.1) is 5.69 Å². The molecular weight excluding hydrogens is 224 g/mol. The Morgan fingerprint density at radius 3 is 2.94 bits per heavy atom. The number of amides is 2. The third kappa shape index (κ3) is 1.84. The summed E-state index contributed by atoms with van der Waals surface area (Å²) in [5.41, 5.74) is 0.996. The number of nitrogens with one attached hydrogen (secondary N) is 1. The Kier molecular flexibility index (Phi) is 2.78. The van der Waals surface area contributed by atoms with E-state index in [4.69, 9.17) is 4.74 Å². The van der Waals surface area contributed by atoms with Crippen LogP contribution in [0.1, 0.15) is 0 Å². The van der Waals surface area contributed by atoms with E-state index in [9.17, 15) is 14.4 Å². The molecule has 6 nitrogen and oxygen atoms in total. The number of carbonyl (C=O) groups is 3. The molecule has 0 radical (unpaired) electrons. The molecule has 6 heteroatoms. The number of aldehydes is 1. The van der Waals surface area contributed by atoms with Crippen LogP contribution in [0.5, 0.6) is 5.75 Å². The lowest BCUT2D eigenvalue weighted by atomic mass is 10.2. The Labute approximate surface area is 97.2 Å². The molecule has 1 aromatic rings.